The molecule has 0 unspecified atom stereocenters. The van der Waals surface area contributed by atoms with Crippen molar-refractivity contribution in [1.82, 2.24) is 9.97 Å². The van der Waals surface area contributed by atoms with Crippen molar-refractivity contribution in [2.75, 3.05) is 38.3 Å². The summed E-state index contributed by atoms with van der Waals surface area (Å²) in [6, 6.07) is 11.3. The predicted molar refractivity (Wildman–Crippen MR) is 83.7 cm³/mol. The van der Waals surface area contributed by atoms with E-state index in [1.807, 2.05) is 35.2 Å². The molecule has 0 atom stereocenters. The maximum Gasteiger partial charge on any atom is 0.163 e. The highest BCUT2D eigenvalue weighted by molar-refractivity contribution is 6.29. The quantitative estimate of drug-likeness (QED) is 0.795. The molecule has 2 rings (SSSR count). The number of anilines is 1. The zero-order valence-electron chi connectivity index (χ0n) is 11.9. The van der Waals surface area contributed by atoms with Crippen LogP contribution in [0.4, 0.5) is 5.82 Å². The van der Waals surface area contributed by atoms with E-state index in [4.69, 9.17) is 16.3 Å². The van der Waals surface area contributed by atoms with E-state index in [0.717, 1.165) is 5.56 Å². The van der Waals surface area contributed by atoms with Crippen molar-refractivity contribution in [3.05, 3.63) is 41.6 Å². The summed E-state index contributed by atoms with van der Waals surface area (Å²) in [5.74, 6) is 1.25. The van der Waals surface area contributed by atoms with Gasteiger partial charge in [0.1, 0.15) is 11.0 Å². The van der Waals surface area contributed by atoms with E-state index in [2.05, 4.69) is 9.97 Å². The molecular weight excluding hydrogens is 290 g/mol. The highest BCUT2D eigenvalue weighted by atomic mass is 35.5. The molecule has 0 radical (unpaired) electrons. The number of hydrogen-bond donors (Lipinski definition) is 1. The van der Waals surface area contributed by atoms with Crippen molar-refractivity contribution >= 4 is 17.4 Å². The number of aromatic nitrogens is 2. The summed E-state index contributed by atoms with van der Waals surface area (Å²) in [4.78, 5) is 10.7. The number of aliphatic hydroxyl groups is 1. The average molecular weight is 308 g/mol. The van der Waals surface area contributed by atoms with Crippen LogP contribution >= 0.6 is 11.6 Å². The van der Waals surface area contributed by atoms with Crippen molar-refractivity contribution in [1.29, 1.82) is 0 Å². The van der Waals surface area contributed by atoms with Gasteiger partial charge in [-0.3, -0.25) is 0 Å². The Kier molecular flexibility index (Phi) is 5.92. The molecule has 0 bridgehead atoms. The van der Waals surface area contributed by atoms with E-state index >= 15 is 0 Å². The van der Waals surface area contributed by atoms with Gasteiger partial charge in [-0.15, -0.1) is 0 Å². The summed E-state index contributed by atoms with van der Waals surface area (Å²) in [6.45, 7) is 1.66. The fraction of sp³-hybridized carbons (Fsp3) is 0.333. The van der Waals surface area contributed by atoms with Gasteiger partial charge in [-0.05, 0) is 0 Å². The summed E-state index contributed by atoms with van der Waals surface area (Å²) < 4.78 is 5.09. The van der Waals surface area contributed by atoms with Gasteiger partial charge in [0.05, 0.1) is 13.2 Å². The van der Waals surface area contributed by atoms with Gasteiger partial charge in [-0.1, -0.05) is 41.9 Å². The second kappa shape index (κ2) is 7.93. The van der Waals surface area contributed by atoms with E-state index < -0.39 is 0 Å². The Morgan fingerprint density at radius 1 is 1.19 bits per heavy atom. The summed E-state index contributed by atoms with van der Waals surface area (Å²) in [5.41, 5.74) is 0.900. The Balaban J connectivity index is 2.32. The number of rotatable bonds is 7. The molecule has 6 heteroatoms. The first-order valence-corrected chi connectivity index (χ1v) is 7.07. The first-order chi connectivity index (χ1) is 10.2. The minimum atomic E-state index is 0.0337. The molecule has 5 nitrogen and oxygen atoms in total. The predicted octanol–water partition coefficient (Wildman–Crippen LogP) is 2.24. The number of halogens is 1. The Morgan fingerprint density at radius 3 is 2.62 bits per heavy atom. The van der Waals surface area contributed by atoms with Crippen LogP contribution in [0.5, 0.6) is 0 Å². The molecule has 112 valence electrons. The molecule has 1 aromatic carbocycles. The maximum absolute atomic E-state index is 9.19. The minimum Gasteiger partial charge on any atom is -0.395 e. The minimum absolute atomic E-state index is 0.0337. The van der Waals surface area contributed by atoms with E-state index in [1.54, 1.807) is 13.2 Å². The fourth-order valence-electron chi connectivity index (χ4n) is 1.95. The average Bonchev–Trinajstić information content (AvgIpc) is 2.51. The molecule has 1 heterocycles. The first kappa shape index (κ1) is 15.7. The second-order valence-corrected chi connectivity index (χ2v) is 4.83. The lowest BCUT2D eigenvalue weighted by Crippen LogP contribution is -2.31. The lowest BCUT2D eigenvalue weighted by molar-refractivity contribution is 0.202. The fourth-order valence-corrected chi connectivity index (χ4v) is 2.12. The topological polar surface area (TPSA) is 58.5 Å². The van der Waals surface area contributed by atoms with Crippen LogP contribution in [0.25, 0.3) is 11.4 Å². The third-order valence-corrected chi connectivity index (χ3v) is 3.17. The van der Waals surface area contributed by atoms with Gasteiger partial charge in [0.2, 0.25) is 0 Å². The third kappa shape index (κ3) is 4.39. The zero-order chi connectivity index (χ0) is 15.1. The van der Waals surface area contributed by atoms with Crippen LogP contribution in [-0.2, 0) is 4.74 Å². The molecule has 1 aromatic heterocycles. The van der Waals surface area contributed by atoms with Crippen LogP contribution in [0.2, 0.25) is 5.15 Å². The number of nitrogens with zero attached hydrogens (tertiary/aromatic N) is 3. The number of aliphatic hydroxyl groups excluding tert-OH is 1. The largest absolute Gasteiger partial charge is 0.395 e. The smallest absolute Gasteiger partial charge is 0.163 e. The van der Waals surface area contributed by atoms with Gasteiger partial charge in [-0.2, -0.15) is 0 Å². The van der Waals surface area contributed by atoms with Crippen LogP contribution in [0.15, 0.2) is 36.4 Å². The van der Waals surface area contributed by atoms with Crippen molar-refractivity contribution in [2.24, 2.45) is 0 Å². The van der Waals surface area contributed by atoms with E-state index in [0.29, 0.717) is 36.5 Å². The van der Waals surface area contributed by atoms with Crippen molar-refractivity contribution in [3.8, 4) is 11.4 Å². The lowest BCUT2D eigenvalue weighted by atomic mass is 10.2. The standard InChI is InChI=1S/C15H18ClN3O2/c1-21-10-8-19(7-9-20)14-11-13(16)17-15(18-14)12-5-3-2-4-6-12/h2-6,11,20H,7-10H2,1H3. The molecule has 21 heavy (non-hydrogen) atoms. The van der Waals surface area contributed by atoms with Crippen molar-refractivity contribution in [2.45, 2.75) is 0 Å². The summed E-state index contributed by atoms with van der Waals surface area (Å²) in [6.07, 6.45) is 0. The Bertz CT molecular complexity index is 566. The monoisotopic (exact) mass is 307 g/mol. The molecule has 0 aliphatic carbocycles. The molecule has 2 aromatic rings. The Hall–Kier alpha value is -1.69. The molecule has 0 fully saturated rings. The van der Waals surface area contributed by atoms with E-state index in [-0.39, 0.29) is 6.61 Å². The highest BCUT2D eigenvalue weighted by Crippen LogP contribution is 2.22. The van der Waals surface area contributed by atoms with E-state index in [9.17, 15) is 5.11 Å². The van der Waals surface area contributed by atoms with Gasteiger partial charge in [0, 0.05) is 31.8 Å². The molecule has 0 amide bonds. The maximum atomic E-state index is 9.19. The number of ether oxygens (including phenoxy) is 1. The van der Waals surface area contributed by atoms with Crippen LogP contribution in [0.1, 0.15) is 0 Å². The number of methoxy groups -OCH3 is 1. The SMILES string of the molecule is COCCN(CCO)c1cc(Cl)nc(-c2ccccc2)n1. The Morgan fingerprint density at radius 2 is 1.95 bits per heavy atom. The van der Waals surface area contributed by atoms with Crippen molar-refractivity contribution < 1.29 is 9.84 Å². The van der Waals surface area contributed by atoms with Gasteiger partial charge >= 0.3 is 0 Å². The van der Waals surface area contributed by atoms with Gasteiger partial charge < -0.3 is 14.7 Å². The third-order valence-electron chi connectivity index (χ3n) is 2.97. The molecular formula is C15H18ClN3O2. The molecule has 0 spiro atoms. The molecule has 0 aliphatic heterocycles. The second-order valence-electron chi connectivity index (χ2n) is 4.44. The van der Waals surface area contributed by atoms with Crippen molar-refractivity contribution in [3.63, 3.8) is 0 Å². The lowest BCUT2D eigenvalue weighted by Gasteiger charge is -2.22. The van der Waals surface area contributed by atoms with Crippen LogP contribution in [-0.4, -0.2) is 48.5 Å². The van der Waals surface area contributed by atoms with Gasteiger partial charge in [0.25, 0.3) is 0 Å². The summed E-state index contributed by atoms with van der Waals surface area (Å²) in [5, 5.41) is 9.57. The van der Waals surface area contributed by atoms with Crippen LogP contribution < -0.4 is 4.90 Å². The molecule has 0 saturated heterocycles. The highest BCUT2D eigenvalue weighted by Gasteiger charge is 2.11. The first-order valence-electron chi connectivity index (χ1n) is 6.69. The normalized spacial score (nSPS) is 10.6. The van der Waals surface area contributed by atoms with Crippen LogP contribution in [0, 0.1) is 0 Å². The summed E-state index contributed by atoms with van der Waals surface area (Å²) in [7, 11) is 1.64. The van der Waals surface area contributed by atoms with Gasteiger partial charge in [0.15, 0.2) is 5.82 Å². The summed E-state index contributed by atoms with van der Waals surface area (Å²) >= 11 is 6.11. The van der Waals surface area contributed by atoms with Crippen LogP contribution in [0.3, 0.4) is 0 Å². The Labute approximate surface area is 129 Å². The molecule has 0 aliphatic rings. The number of hydrogen-bond acceptors (Lipinski definition) is 5. The number of benzene rings is 1. The molecule has 1 N–H and O–H groups in total. The van der Waals surface area contributed by atoms with Gasteiger partial charge in [-0.25, -0.2) is 9.97 Å². The van der Waals surface area contributed by atoms with E-state index in [1.165, 1.54) is 0 Å². The molecule has 0 saturated carbocycles. The zero-order valence-corrected chi connectivity index (χ0v) is 12.6.